The predicted molar refractivity (Wildman–Crippen MR) is 188 cm³/mol. The summed E-state index contributed by atoms with van der Waals surface area (Å²) in [5.41, 5.74) is 3.30. The maximum atomic E-state index is 7.28. The van der Waals surface area contributed by atoms with Gasteiger partial charge < -0.3 is 28.1 Å². The number of ether oxygens (including phenoxy) is 5. The molecule has 7 nitrogen and oxygen atoms in total. The highest BCUT2D eigenvalue weighted by atomic mass is 28.4. The van der Waals surface area contributed by atoms with Gasteiger partial charge in [-0.2, -0.15) is 0 Å². The lowest BCUT2D eigenvalue weighted by Crippen LogP contribution is -2.66. The highest BCUT2D eigenvalue weighted by molar-refractivity contribution is 6.99. The molecule has 4 rings (SSSR count). The minimum atomic E-state index is -2.71. The van der Waals surface area contributed by atoms with Crippen molar-refractivity contribution in [1.82, 2.24) is 5.32 Å². The van der Waals surface area contributed by atoms with Gasteiger partial charge in [0.25, 0.3) is 8.32 Å². The lowest BCUT2D eigenvalue weighted by atomic mass is 9.92. The van der Waals surface area contributed by atoms with Crippen molar-refractivity contribution in [3.63, 3.8) is 0 Å². The summed E-state index contributed by atoms with van der Waals surface area (Å²) in [6, 6.07) is 31.6. The first-order valence-corrected chi connectivity index (χ1v) is 17.6. The Labute approximate surface area is 275 Å². The average molecular weight is 644 g/mol. The Hall–Kier alpha value is -3.82. The molecule has 0 amide bonds. The van der Waals surface area contributed by atoms with Crippen molar-refractivity contribution in [2.75, 3.05) is 48.9 Å². The molecule has 8 heteroatoms. The predicted octanol–water partition coefficient (Wildman–Crippen LogP) is 6.32. The molecule has 0 aliphatic heterocycles. The summed E-state index contributed by atoms with van der Waals surface area (Å²) in [5.74, 6) is 2.74. The van der Waals surface area contributed by atoms with Gasteiger partial charge in [0, 0.05) is 19.8 Å². The summed E-state index contributed by atoms with van der Waals surface area (Å²) in [5, 5.41) is 5.99. The Kier molecular flexibility index (Phi) is 12.3. The number of hydrogen-bond acceptors (Lipinski definition) is 7. The van der Waals surface area contributed by atoms with Crippen molar-refractivity contribution in [3.8, 4) is 23.0 Å². The van der Waals surface area contributed by atoms with Crippen LogP contribution in [0.15, 0.2) is 91.0 Å². The zero-order chi connectivity index (χ0) is 33.2. The van der Waals surface area contributed by atoms with Crippen LogP contribution in [0.25, 0.3) is 0 Å². The highest BCUT2D eigenvalue weighted by Gasteiger charge is 2.50. The van der Waals surface area contributed by atoms with E-state index in [1.807, 2.05) is 12.1 Å². The maximum Gasteiger partial charge on any atom is 0.261 e. The molecule has 0 bridgehead atoms. The monoisotopic (exact) mass is 643 g/mol. The summed E-state index contributed by atoms with van der Waals surface area (Å²) in [7, 11) is 5.62. The fourth-order valence-corrected chi connectivity index (χ4v) is 10.8. The molecule has 0 heterocycles. The molecule has 0 radical (unpaired) electrons. The van der Waals surface area contributed by atoms with E-state index >= 15 is 0 Å². The topological polar surface area (TPSA) is 67.4 Å². The normalized spacial score (nSPS) is 12.4. The molecule has 0 spiro atoms. The van der Waals surface area contributed by atoms with E-state index in [4.69, 9.17) is 28.1 Å². The van der Waals surface area contributed by atoms with E-state index in [1.54, 1.807) is 35.5 Å². The molecule has 246 valence electrons. The van der Waals surface area contributed by atoms with Gasteiger partial charge in [-0.15, -0.1) is 0 Å². The smallest absolute Gasteiger partial charge is 0.261 e. The van der Waals surface area contributed by atoms with E-state index in [0.29, 0.717) is 49.2 Å². The molecule has 1 atom stereocenters. The number of benzene rings is 4. The second kappa shape index (κ2) is 16.1. The average Bonchev–Trinajstić information content (AvgIpc) is 3.08. The second-order valence-corrected chi connectivity index (χ2v) is 16.6. The quantitative estimate of drug-likeness (QED) is 0.113. The first kappa shape index (κ1) is 35.0. The van der Waals surface area contributed by atoms with Crippen LogP contribution in [-0.2, 0) is 22.0 Å². The lowest BCUT2D eigenvalue weighted by molar-refractivity contribution is 0.162. The van der Waals surface area contributed by atoms with Crippen molar-refractivity contribution < 1.29 is 28.1 Å². The molecular weight excluding hydrogens is 595 g/mol. The van der Waals surface area contributed by atoms with Crippen LogP contribution in [-0.4, -0.2) is 57.2 Å². The van der Waals surface area contributed by atoms with Gasteiger partial charge in [-0.3, -0.25) is 5.32 Å². The van der Waals surface area contributed by atoms with Crippen LogP contribution >= 0.6 is 0 Å². The van der Waals surface area contributed by atoms with Crippen molar-refractivity contribution >= 4 is 18.7 Å². The van der Waals surface area contributed by atoms with Gasteiger partial charge in [-0.25, -0.2) is 0 Å². The molecule has 4 aromatic carbocycles. The van der Waals surface area contributed by atoms with Crippen LogP contribution in [0.2, 0.25) is 5.04 Å². The lowest BCUT2D eigenvalue weighted by Gasteiger charge is -2.43. The first-order chi connectivity index (χ1) is 22.2. The number of methoxy groups -OCH3 is 5. The van der Waals surface area contributed by atoms with E-state index in [2.05, 4.69) is 105 Å². The molecule has 0 aliphatic carbocycles. The van der Waals surface area contributed by atoms with Crippen LogP contribution in [0.4, 0.5) is 0 Å². The highest BCUT2D eigenvalue weighted by Crippen LogP contribution is 2.39. The molecule has 0 aromatic heterocycles. The van der Waals surface area contributed by atoms with Gasteiger partial charge in [0.1, 0.15) is 0 Å². The molecular formula is C38H49NO6Si. The molecule has 0 fully saturated rings. The Bertz CT molecular complexity index is 1480. The molecule has 1 unspecified atom stereocenters. The standard InChI is InChI=1S/C38H49NO6Si/c1-38(2,3)46(30-15-11-9-12-16-30,31-17-13-10-14-18-31)45-22-21-29-25-36(43-7)37(44-8)26-32(29)33(39-27-40-4)23-28-19-20-34(41-5)35(24-28)42-6/h9-20,24-26,33,39H,21-23,27H2,1-8H3. The number of nitrogens with one attached hydrogen (secondary N) is 1. The van der Waals surface area contributed by atoms with E-state index < -0.39 is 8.32 Å². The van der Waals surface area contributed by atoms with Crippen molar-refractivity contribution in [1.29, 1.82) is 0 Å². The molecule has 0 saturated carbocycles. The van der Waals surface area contributed by atoms with Gasteiger partial charge in [0.05, 0.1) is 35.2 Å². The SMILES string of the molecule is COCNC(Cc1ccc(OC)c(OC)c1)c1cc(OC)c(OC)cc1CCO[Si](c1ccccc1)(c1ccccc1)C(C)(C)C. The third-order valence-electron chi connectivity index (χ3n) is 8.49. The van der Waals surface area contributed by atoms with Gasteiger partial charge >= 0.3 is 0 Å². The van der Waals surface area contributed by atoms with Crippen LogP contribution in [0, 0.1) is 0 Å². The fourth-order valence-electron chi connectivity index (χ4n) is 6.27. The molecule has 0 aliphatic rings. The summed E-state index contributed by atoms with van der Waals surface area (Å²) in [4.78, 5) is 0. The minimum Gasteiger partial charge on any atom is -0.493 e. The fraction of sp³-hybridized carbons (Fsp3) is 0.368. The van der Waals surface area contributed by atoms with Gasteiger partial charge in [0.15, 0.2) is 23.0 Å². The van der Waals surface area contributed by atoms with Crippen molar-refractivity contribution in [2.24, 2.45) is 0 Å². The van der Waals surface area contributed by atoms with Gasteiger partial charge in [0.2, 0.25) is 0 Å². The Morgan fingerprint density at radius 2 is 1.20 bits per heavy atom. The second-order valence-electron chi connectivity index (χ2n) is 12.3. The number of hydrogen-bond donors (Lipinski definition) is 1. The van der Waals surface area contributed by atoms with Crippen LogP contribution in [0.1, 0.15) is 43.5 Å². The summed E-state index contributed by atoms with van der Waals surface area (Å²) in [6.07, 6.45) is 1.36. The van der Waals surface area contributed by atoms with Gasteiger partial charge in [-0.1, -0.05) is 87.5 Å². The zero-order valence-corrected chi connectivity index (χ0v) is 29.5. The van der Waals surface area contributed by atoms with Crippen LogP contribution in [0.3, 0.4) is 0 Å². The van der Waals surface area contributed by atoms with E-state index in [9.17, 15) is 0 Å². The van der Waals surface area contributed by atoms with Gasteiger partial charge in [-0.05, 0) is 69.2 Å². The third kappa shape index (κ3) is 7.75. The Morgan fingerprint density at radius 1 is 0.652 bits per heavy atom. The third-order valence-corrected chi connectivity index (χ3v) is 13.5. The zero-order valence-electron chi connectivity index (χ0n) is 28.5. The molecule has 46 heavy (non-hydrogen) atoms. The largest absolute Gasteiger partial charge is 0.493 e. The van der Waals surface area contributed by atoms with Crippen LogP contribution in [0.5, 0.6) is 23.0 Å². The maximum absolute atomic E-state index is 7.28. The van der Waals surface area contributed by atoms with E-state index in [-0.39, 0.29) is 11.1 Å². The summed E-state index contributed by atoms with van der Waals surface area (Å²) in [6.45, 7) is 7.81. The Balaban J connectivity index is 1.75. The van der Waals surface area contributed by atoms with Crippen molar-refractivity contribution in [2.45, 2.75) is 44.7 Å². The number of rotatable bonds is 16. The summed E-state index contributed by atoms with van der Waals surface area (Å²) < 4.78 is 35.4. The van der Waals surface area contributed by atoms with E-state index in [0.717, 1.165) is 16.7 Å². The summed E-state index contributed by atoms with van der Waals surface area (Å²) >= 11 is 0. The molecule has 4 aromatic rings. The molecule has 0 saturated heterocycles. The molecule has 1 N–H and O–H groups in total. The Morgan fingerprint density at radius 3 is 1.72 bits per heavy atom. The van der Waals surface area contributed by atoms with E-state index in [1.165, 1.54) is 10.4 Å². The van der Waals surface area contributed by atoms with Crippen molar-refractivity contribution in [3.05, 3.63) is 108 Å². The first-order valence-electron chi connectivity index (χ1n) is 15.6. The minimum absolute atomic E-state index is 0.0966. The van der Waals surface area contributed by atoms with Crippen LogP contribution < -0.4 is 34.6 Å².